The minimum atomic E-state index is -0.599. The second kappa shape index (κ2) is 7.70. The van der Waals surface area contributed by atoms with E-state index in [1.54, 1.807) is 18.2 Å². The van der Waals surface area contributed by atoms with Gasteiger partial charge in [-0.1, -0.05) is 23.5 Å². The van der Waals surface area contributed by atoms with Gasteiger partial charge in [0.1, 0.15) is 23.9 Å². The standard InChI is InChI=1S/C21H17FN6O3S/c22-14-7-12(27-9-13(8-23)31-21(27)30)5-6-16(14)26-10-15(25-11-26)19(29)28-17-3-1-2-4-18(17)32-20(28)24/h1-7,10-11,13,24H,8-9,23H2/t13-/m0/s1. The van der Waals surface area contributed by atoms with E-state index in [4.69, 9.17) is 15.9 Å². The molecule has 162 valence electrons. The van der Waals surface area contributed by atoms with E-state index in [9.17, 15) is 14.0 Å². The van der Waals surface area contributed by atoms with Crippen LogP contribution in [0.2, 0.25) is 0 Å². The van der Waals surface area contributed by atoms with Gasteiger partial charge >= 0.3 is 6.09 Å². The Hall–Kier alpha value is -3.83. The van der Waals surface area contributed by atoms with Crippen LogP contribution in [0.1, 0.15) is 10.5 Å². The SMILES string of the molecule is N=c1sc2ccccc2n1C(=O)c1cn(-c2ccc(N3C[C@H](CN)OC3=O)cc2F)cn1. The second-order valence-corrected chi connectivity index (χ2v) is 8.20. The minimum Gasteiger partial charge on any atom is -0.443 e. The number of fused-ring (bicyclic) bond motifs is 1. The predicted octanol–water partition coefficient (Wildman–Crippen LogP) is 2.48. The Balaban J connectivity index is 1.45. The highest BCUT2D eigenvalue weighted by molar-refractivity contribution is 7.16. The summed E-state index contributed by atoms with van der Waals surface area (Å²) in [6, 6.07) is 11.5. The zero-order chi connectivity index (χ0) is 22.4. The highest BCUT2D eigenvalue weighted by Crippen LogP contribution is 2.26. The molecule has 1 aliphatic rings. The molecule has 5 rings (SSSR count). The number of hydrogen-bond donors (Lipinski definition) is 2. The maximum absolute atomic E-state index is 14.9. The lowest BCUT2D eigenvalue weighted by atomic mass is 10.2. The number of rotatable bonds is 4. The van der Waals surface area contributed by atoms with Gasteiger partial charge < -0.3 is 15.0 Å². The molecule has 0 radical (unpaired) electrons. The molecule has 0 aliphatic carbocycles. The van der Waals surface area contributed by atoms with E-state index in [0.717, 1.165) is 4.70 Å². The summed E-state index contributed by atoms with van der Waals surface area (Å²) < 4.78 is 23.5. The molecule has 2 aromatic carbocycles. The molecule has 1 atom stereocenters. The summed E-state index contributed by atoms with van der Waals surface area (Å²) in [4.78, 5) is 30.5. The number of carbonyl (C=O) groups excluding carboxylic acids is 2. The van der Waals surface area contributed by atoms with E-state index in [0.29, 0.717) is 11.2 Å². The predicted molar refractivity (Wildman–Crippen MR) is 116 cm³/mol. The van der Waals surface area contributed by atoms with Crippen molar-refractivity contribution in [3.05, 3.63) is 71.3 Å². The van der Waals surface area contributed by atoms with Gasteiger partial charge in [0, 0.05) is 12.7 Å². The molecule has 9 nitrogen and oxygen atoms in total. The molecule has 1 amide bonds. The number of nitrogens with one attached hydrogen (secondary N) is 1. The number of carbonyl (C=O) groups is 2. The van der Waals surface area contributed by atoms with E-state index >= 15 is 0 Å². The third kappa shape index (κ3) is 3.27. The smallest absolute Gasteiger partial charge is 0.414 e. The van der Waals surface area contributed by atoms with Crippen LogP contribution < -0.4 is 15.4 Å². The third-order valence-corrected chi connectivity index (χ3v) is 6.12. The molecule has 0 saturated carbocycles. The van der Waals surface area contributed by atoms with Crippen molar-refractivity contribution in [1.82, 2.24) is 14.1 Å². The molecule has 2 aromatic heterocycles. The van der Waals surface area contributed by atoms with Crippen LogP contribution in [0.15, 0.2) is 55.0 Å². The number of aromatic nitrogens is 3. The average Bonchev–Trinajstić information content (AvgIpc) is 3.49. The van der Waals surface area contributed by atoms with Crippen molar-refractivity contribution in [2.24, 2.45) is 5.73 Å². The summed E-state index contributed by atoms with van der Waals surface area (Å²) in [5, 5.41) is 8.15. The summed E-state index contributed by atoms with van der Waals surface area (Å²) in [5.41, 5.74) is 6.74. The largest absolute Gasteiger partial charge is 0.443 e. The fourth-order valence-corrected chi connectivity index (χ4v) is 4.49. The summed E-state index contributed by atoms with van der Waals surface area (Å²) in [6.07, 6.45) is 1.74. The van der Waals surface area contributed by atoms with Gasteiger partial charge in [0.25, 0.3) is 5.91 Å². The molecule has 4 aromatic rings. The number of cyclic esters (lactones) is 1. The molecular formula is C21H17FN6O3S. The fourth-order valence-electron chi connectivity index (χ4n) is 3.60. The Morgan fingerprint density at radius 3 is 2.88 bits per heavy atom. The molecular weight excluding hydrogens is 435 g/mol. The Morgan fingerprint density at radius 2 is 2.12 bits per heavy atom. The van der Waals surface area contributed by atoms with Crippen LogP contribution in [-0.2, 0) is 4.74 Å². The van der Waals surface area contributed by atoms with E-state index in [1.165, 1.54) is 50.0 Å². The number of nitrogens with zero attached hydrogens (tertiary/aromatic N) is 4. The highest BCUT2D eigenvalue weighted by atomic mass is 32.1. The molecule has 0 unspecified atom stereocenters. The van der Waals surface area contributed by atoms with E-state index in [1.807, 2.05) is 12.1 Å². The summed E-state index contributed by atoms with van der Waals surface area (Å²) in [6.45, 7) is 0.436. The number of anilines is 1. The summed E-state index contributed by atoms with van der Waals surface area (Å²) >= 11 is 1.19. The summed E-state index contributed by atoms with van der Waals surface area (Å²) in [7, 11) is 0. The number of halogens is 1. The van der Waals surface area contributed by atoms with Crippen LogP contribution in [0.25, 0.3) is 15.9 Å². The lowest BCUT2D eigenvalue weighted by Crippen LogP contribution is -2.27. The molecule has 3 heterocycles. The molecule has 1 saturated heterocycles. The van der Waals surface area contributed by atoms with Gasteiger partial charge in [0.05, 0.1) is 28.1 Å². The third-order valence-electron chi connectivity index (χ3n) is 5.18. The van der Waals surface area contributed by atoms with Crippen LogP contribution >= 0.6 is 11.3 Å². The van der Waals surface area contributed by atoms with Gasteiger partial charge in [-0.15, -0.1) is 0 Å². The maximum Gasteiger partial charge on any atom is 0.414 e. The van der Waals surface area contributed by atoms with Gasteiger partial charge in [0.15, 0.2) is 4.80 Å². The quantitative estimate of drug-likeness (QED) is 0.493. The van der Waals surface area contributed by atoms with Gasteiger partial charge in [-0.2, -0.15) is 0 Å². The van der Waals surface area contributed by atoms with Gasteiger partial charge in [0.2, 0.25) is 0 Å². The van der Waals surface area contributed by atoms with Crippen molar-refractivity contribution in [1.29, 1.82) is 5.41 Å². The number of benzene rings is 2. The lowest BCUT2D eigenvalue weighted by Gasteiger charge is -2.14. The Labute approximate surface area is 184 Å². The highest BCUT2D eigenvalue weighted by Gasteiger charge is 2.31. The topological polar surface area (TPSA) is 119 Å². The van der Waals surface area contributed by atoms with Crippen molar-refractivity contribution in [3.8, 4) is 5.69 Å². The maximum atomic E-state index is 14.9. The molecule has 0 spiro atoms. The number of para-hydroxylation sites is 1. The minimum absolute atomic E-state index is 0.0736. The van der Waals surface area contributed by atoms with Gasteiger partial charge in [-0.3, -0.25) is 15.1 Å². The molecule has 1 fully saturated rings. The van der Waals surface area contributed by atoms with Crippen molar-refractivity contribution in [3.63, 3.8) is 0 Å². The van der Waals surface area contributed by atoms with Crippen molar-refractivity contribution in [2.75, 3.05) is 18.0 Å². The van der Waals surface area contributed by atoms with Crippen LogP contribution in [0, 0.1) is 11.2 Å². The summed E-state index contributed by atoms with van der Waals surface area (Å²) in [5.74, 6) is -1.08. The second-order valence-electron chi connectivity index (χ2n) is 7.17. The average molecular weight is 452 g/mol. The van der Waals surface area contributed by atoms with Crippen LogP contribution in [0.3, 0.4) is 0 Å². The van der Waals surface area contributed by atoms with E-state index in [-0.39, 0.29) is 29.3 Å². The number of thiazole rings is 1. The van der Waals surface area contributed by atoms with Gasteiger partial charge in [-0.05, 0) is 30.3 Å². The van der Waals surface area contributed by atoms with Crippen LogP contribution in [0.4, 0.5) is 14.9 Å². The van der Waals surface area contributed by atoms with E-state index in [2.05, 4.69) is 4.98 Å². The Morgan fingerprint density at radius 1 is 1.31 bits per heavy atom. The zero-order valence-corrected chi connectivity index (χ0v) is 17.4. The molecule has 0 bridgehead atoms. The van der Waals surface area contributed by atoms with Crippen molar-refractivity contribution in [2.45, 2.75) is 6.10 Å². The van der Waals surface area contributed by atoms with E-state index < -0.39 is 23.9 Å². The van der Waals surface area contributed by atoms with Crippen molar-refractivity contribution >= 4 is 39.2 Å². The number of hydrogen-bond acceptors (Lipinski definition) is 7. The molecule has 1 aliphatic heterocycles. The first-order valence-corrected chi connectivity index (χ1v) is 10.5. The van der Waals surface area contributed by atoms with Crippen LogP contribution in [0.5, 0.6) is 0 Å². The number of amides is 1. The van der Waals surface area contributed by atoms with Crippen molar-refractivity contribution < 1.29 is 18.7 Å². The number of imidazole rings is 1. The molecule has 3 N–H and O–H groups in total. The Bertz CT molecular complexity index is 1420. The first-order valence-electron chi connectivity index (χ1n) is 9.68. The molecule has 11 heteroatoms. The normalized spacial score (nSPS) is 16.0. The lowest BCUT2D eigenvalue weighted by molar-refractivity contribution is 0.0957. The molecule has 32 heavy (non-hydrogen) atoms. The zero-order valence-electron chi connectivity index (χ0n) is 16.6. The monoisotopic (exact) mass is 452 g/mol. The van der Waals surface area contributed by atoms with Gasteiger partial charge in [-0.25, -0.2) is 18.7 Å². The number of ether oxygens (including phenoxy) is 1. The fraction of sp³-hybridized carbons (Fsp3) is 0.143. The first-order chi connectivity index (χ1) is 15.5. The van der Waals surface area contributed by atoms with Crippen LogP contribution in [-0.4, -0.2) is 45.3 Å². The Kier molecular flexibility index (Phi) is 4.83. The number of nitrogens with two attached hydrogens (primary N) is 1. The first kappa shape index (κ1) is 20.1.